The van der Waals surface area contributed by atoms with Gasteiger partial charge in [-0.05, 0) is 102 Å². The van der Waals surface area contributed by atoms with Crippen molar-refractivity contribution in [3.8, 4) is 42.9 Å². The molecule has 0 saturated carbocycles. The number of rotatable bonds is 26. The van der Waals surface area contributed by atoms with Crippen molar-refractivity contribution < 1.29 is 19.3 Å². The number of ether oxygens (including phenoxy) is 2. The standard InChI is InChI=1S/C50H63O4PS3/c1-5-9-12-15-16-17-18-21-33-56-47(22-8-4)48-29-30-50(58-48)49-28-27-46(57-49)43-37-44(53-31-19-13-10-6-2)42(36-45(43)54-32-20-14-11-7-3)40-24-23-38(34-40)39-25-26-41(35-39)55(51)52/h8,22-30,36-37,51-52H,4-7,9-20,31-32,34-35H2,1-3H3/b47-22-. The van der Waals surface area contributed by atoms with Crippen LogP contribution < -0.4 is 9.47 Å². The highest BCUT2D eigenvalue weighted by molar-refractivity contribution is 8.12. The predicted molar refractivity (Wildman–Crippen MR) is 257 cm³/mol. The Bertz CT molecular complexity index is 2000. The molecular weight excluding hydrogens is 792 g/mol. The number of hydrogen-bond donors (Lipinski definition) is 2. The lowest BCUT2D eigenvalue weighted by atomic mass is 9.96. The topological polar surface area (TPSA) is 58.9 Å². The molecule has 2 N–H and O–H groups in total. The highest BCUT2D eigenvalue weighted by Crippen LogP contribution is 2.49. The lowest BCUT2D eigenvalue weighted by molar-refractivity contribution is 0.297. The summed E-state index contributed by atoms with van der Waals surface area (Å²) < 4.78 is 13.4. The Morgan fingerprint density at radius 3 is 1.95 bits per heavy atom. The summed E-state index contributed by atoms with van der Waals surface area (Å²) >= 11 is 5.21. The zero-order valence-corrected chi connectivity index (χ0v) is 38.3. The normalized spacial score (nSPS) is 13.9. The van der Waals surface area contributed by atoms with Gasteiger partial charge in [0.15, 0.2) is 8.38 Å². The van der Waals surface area contributed by atoms with Gasteiger partial charge in [-0.2, -0.15) is 0 Å². The van der Waals surface area contributed by atoms with E-state index in [4.69, 9.17) is 9.47 Å². The van der Waals surface area contributed by atoms with Crippen LogP contribution in [0.2, 0.25) is 0 Å². The smallest absolute Gasteiger partial charge is 0.195 e. The summed E-state index contributed by atoms with van der Waals surface area (Å²) in [6.07, 6.45) is 31.3. The summed E-state index contributed by atoms with van der Waals surface area (Å²) in [5, 5.41) is 4.06. The van der Waals surface area contributed by atoms with Crippen LogP contribution in [0, 0.1) is 11.2 Å². The van der Waals surface area contributed by atoms with Crippen molar-refractivity contribution in [3.05, 3.63) is 106 Å². The van der Waals surface area contributed by atoms with E-state index in [1.165, 1.54) is 90.0 Å². The molecule has 0 spiro atoms. The van der Waals surface area contributed by atoms with E-state index in [0.717, 1.165) is 76.5 Å². The van der Waals surface area contributed by atoms with Crippen LogP contribution in [-0.2, 0) is 0 Å². The highest BCUT2D eigenvalue weighted by atomic mass is 32.2. The fraction of sp³-hybridized carbons (Fsp3) is 0.440. The Hall–Kier alpha value is -3.08. The largest absolute Gasteiger partial charge is 0.493 e. The van der Waals surface area contributed by atoms with Crippen molar-refractivity contribution in [1.82, 2.24) is 0 Å². The zero-order chi connectivity index (χ0) is 41.0. The Morgan fingerprint density at radius 2 is 1.26 bits per heavy atom. The van der Waals surface area contributed by atoms with Gasteiger partial charge in [-0.3, -0.25) is 0 Å². The van der Waals surface area contributed by atoms with Crippen molar-refractivity contribution in [1.29, 1.82) is 0 Å². The van der Waals surface area contributed by atoms with Crippen LogP contribution in [-0.4, -0.2) is 23.0 Å². The minimum absolute atomic E-state index is 0.585. The molecule has 0 fully saturated rings. The zero-order valence-electron chi connectivity index (χ0n) is 35.0. The predicted octanol–water partition coefficient (Wildman–Crippen LogP) is 16.3. The average Bonchev–Trinajstić information content (AvgIpc) is 4.07. The molecule has 0 unspecified atom stereocenters. The first-order valence-electron chi connectivity index (χ1n) is 21.6. The van der Waals surface area contributed by atoms with Gasteiger partial charge in [0.1, 0.15) is 11.5 Å². The van der Waals surface area contributed by atoms with E-state index in [-0.39, 0.29) is 0 Å². The van der Waals surface area contributed by atoms with Gasteiger partial charge in [-0.1, -0.05) is 134 Å². The van der Waals surface area contributed by atoms with E-state index in [1.807, 2.05) is 18.2 Å². The second kappa shape index (κ2) is 25.5. The van der Waals surface area contributed by atoms with Crippen LogP contribution in [0.4, 0.5) is 0 Å². The first-order chi connectivity index (χ1) is 28.4. The van der Waals surface area contributed by atoms with Gasteiger partial charge in [0.05, 0.1) is 13.2 Å². The molecule has 5 rings (SSSR count). The summed E-state index contributed by atoms with van der Waals surface area (Å²) in [5.74, 6) is 5.17. The lowest BCUT2D eigenvalue weighted by Gasteiger charge is -2.19. The molecule has 4 nitrogen and oxygen atoms in total. The second-order valence-corrected chi connectivity index (χ2v) is 19.2. The maximum Gasteiger partial charge on any atom is 0.195 e. The number of hydrogen-bond acceptors (Lipinski definition) is 7. The molecule has 0 radical (unpaired) electrons. The van der Waals surface area contributed by atoms with Crippen LogP contribution >= 0.6 is 42.8 Å². The van der Waals surface area contributed by atoms with Crippen LogP contribution in [0.25, 0.3) is 30.7 Å². The number of benzene rings is 1. The molecule has 2 aliphatic carbocycles. The Labute approximate surface area is 362 Å². The van der Waals surface area contributed by atoms with Gasteiger partial charge in [-0.25, -0.2) is 0 Å². The Kier molecular flexibility index (Phi) is 20.2. The van der Waals surface area contributed by atoms with Crippen molar-refractivity contribution in [3.63, 3.8) is 0 Å². The van der Waals surface area contributed by atoms with E-state index >= 15 is 0 Å². The van der Waals surface area contributed by atoms with Crippen molar-refractivity contribution >= 4 is 53.3 Å². The van der Waals surface area contributed by atoms with E-state index in [2.05, 4.69) is 93.1 Å². The minimum Gasteiger partial charge on any atom is -0.493 e. The van der Waals surface area contributed by atoms with Crippen LogP contribution in [0.3, 0.4) is 0 Å². The van der Waals surface area contributed by atoms with Crippen molar-refractivity contribution in [2.24, 2.45) is 0 Å². The fourth-order valence-corrected chi connectivity index (χ4v) is 10.5. The summed E-state index contributed by atoms with van der Waals surface area (Å²) in [4.78, 5) is 25.6. The average molecular weight is 855 g/mol. The van der Waals surface area contributed by atoms with Gasteiger partial charge in [-0.15, -0.1) is 22.7 Å². The third kappa shape index (κ3) is 14.0. The van der Waals surface area contributed by atoms with Crippen molar-refractivity contribution in [2.45, 2.75) is 130 Å². The third-order valence-corrected chi connectivity index (χ3v) is 14.6. The first kappa shape index (κ1) is 46.0. The maximum atomic E-state index is 9.81. The number of thioether (sulfide) groups is 1. The molecule has 310 valence electrons. The molecule has 2 aromatic heterocycles. The molecular formula is C50H63O4PS3. The van der Waals surface area contributed by atoms with Gasteiger partial charge in [0.2, 0.25) is 0 Å². The van der Waals surface area contributed by atoms with E-state index < -0.39 is 8.38 Å². The maximum absolute atomic E-state index is 9.81. The van der Waals surface area contributed by atoms with Gasteiger partial charge < -0.3 is 19.3 Å². The van der Waals surface area contributed by atoms with Gasteiger partial charge in [0, 0.05) is 53.7 Å². The van der Waals surface area contributed by atoms with E-state index in [0.29, 0.717) is 24.9 Å². The molecule has 2 aliphatic rings. The third-order valence-electron chi connectivity index (χ3n) is 10.4. The summed E-state index contributed by atoms with van der Waals surface area (Å²) in [7, 11) is -2.06. The summed E-state index contributed by atoms with van der Waals surface area (Å²) in [6, 6.07) is 13.3. The first-order valence-corrected chi connectivity index (χ1v) is 25.2. The molecule has 1 aromatic carbocycles. The van der Waals surface area contributed by atoms with Crippen LogP contribution in [0.15, 0.2) is 95.9 Å². The monoisotopic (exact) mass is 854 g/mol. The summed E-state index contributed by atoms with van der Waals surface area (Å²) in [5.41, 5.74) is 5.68. The van der Waals surface area contributed by atoms with E-state index in [1.54, 1.807) is 34.4 Å². The minimum atomic E-state index is -2.06. The molecule has 58 heavy (non-hydrogen) atoms. The van der Waals surface area contributed by atoms with E-state index in [9.17, 15) is 9.79 Å². The molecule has 0 aliphatic heterocycles. The lowest BCUT2D eigenvalue weighted by Crippen LogP contribution is -2.04. The molecule has 2 heterocycles. The van der Waals surface area contributed by atoms with Crippen LogP contribution in [0.1, 0.15) is 140 Å². The number of thiophene rings is 2. The number of unbranched alkanes of at least 4 members (excludes halogenated alkanes) is 12. The van der Waals surface area contributed by atoms with Crippen molar-refractivity contribution in [2.75, 3.05) is 13.2 Å². The molecule has 0 bridgehead atoms. The molecule has 3 aromatic rings. The fourth-order valence-electron chi connectivity index (χ4n) is 7.09. The summed E-state index contributed by atoms with van der Waals surface area (Å²) in [6.45, 7) is 12.1. The Balaban J connectivity index is 1.37. The Morgan fingerprint density at radius 1 is 0.690 bits per heavy atom. The van der Waals surface area contributed by atoms with Crippen LogP contribution in [0.5, 0.6) is 11.5 Å². The SMILES string of the molecule is C=C/C=C(\SC#CCCCCCCCC)c1ccc(-c2ccc(-c3cc(OCCCCCC)c(C4=CC=C(C5=CC=C(P(O)O)C5)C4)cc3OCCCCCC)s2)s1. The quantitative estimate of drug-likeness (QED) is 0.0365. The highest BCUT2D eigenvalue weighted by Gasteiger charge is 2.24. The molecule has 0 atom stereocenters. The molecule has 0 saturated heterocycles. The van der Waals surface area contributed by atoms with Gasteiger partial charge in [0.25, 0.3) is 0 Å². The molecule has 0 amide bonds. The van der Waals surface area contributed by atoms with Gasteiger partial charge >= 0.3 is 0 Å². The number of allylic oxidation sites excluding steroid dienone is 10. The second-order valence-electron chi connectivity index (χ2n) is 15.0. The molecule has 8 heteroatoms.